The molecule has 1 aromatic rings. The molecule has 1 aromatic carbocycles. The third-order valence-electron chi connectivity index (χ3n) is 4.88. The number of carbonyl (C=O) groups is 1. The maximum absolute atomic E-state index is 13.0. The molecule has 0 spiro atoms. The number of benzene rings is 1. The second-order valence-electron chi connectivity index (χ2n) is 6.54. The van der Waals surface area contributed by atoms with Gasteiger partial charge in [-0.1, -0.05) is 11.6 Å². The fourth-order valence-electron chi connectivity index (χ4n) is 3.53. The minimum Gasteiger partial charge on any atom is -0.490 e. The van der Waals surface area contributed by atoms with Crippen LogP contribution in [0.4, 0.5) is 0 Å². The van der Waals surface area contributed by atoms with Gasteiger partial charge in [-0.15, -0.1) is 0 Å². The Morgan fingerprint density at radius 3 is 2.78 bits per heavy atom. The van der Waals surface area contributed by atoms with Crippen LogP contribution in [0.2, 0.25) is 5.02 Å². The summed E-state index contributed by atoms with van der Waals surface area (Å²) in [7, 11) is 1.95. The van der Waals surface area contributed by atoms with E-state index < -0.39 is 0 Å². The number of nitrogens with zero attached hydrogens (tertiary/aromatic N) is 1. The molecular weight excluding hydrogens is 312 g/mol. The van der Waals surface area contributed by atoms with Crippen LogP contribution in [0.3, 0.4) is 0 Å². The largest absolute Gasteiger partial charge is 0.490 e. The molecule has 1 atom stereocenters. The Morgan fingerprint density at radius 1 is 1.26 bits per heavy atom. The molecule has 1 amide bonds. The van der Waals surface area contributed by atoms with Gasteiger partial charge in [-0.25, -0.2) is 0 Å². The average Bonchev–Trinajstić information content (AvgIpc) is 3.09. The van der Waals surface area contributed by atoms with E-state index in [0.717, 1.165) is 38.8 Å². The van der Waals surface area contributed by atoms with Crippen LogP contribution in [-0.2, 0) is 0 Å². The molecule has 1 N–H and O–H groups in total. The fraction of sp³-hybridized carbons (Fsp3) is 0.611. The summed E-state index contributed by atoms with van der Waals surface area (Å²) in [6.07, 6.45) is 6.92. The lowest BCUT2D eigenvalue weighted by Gasteiger charge is -2.33. The van der Waals surface area contributed by atoms with Crippen LogP contribution in [0.5, 0.6) is 5.75 Å². The zero-order chi connectivity index (χ0) is 16.2. The second-order valence-corrected chi connectivity index (χ2v) is 6.98. The van der Waals surface area contributed by atoms with E-state index in [0.29, 0.717) is 22.4 Å². The van der Waals surface area contributed by atoms with Crippen LogP contribution >= 0.6 is 11.6 Å². The molecule has 0 aromatic heterocycles. The number of hydrogen-bond acceptors (Lipinski definition) is 3. The van der Waals surface area contributed by atoms with E-state index in [2.05, 4.69) is 5.32 Å². The quantitative estimate of drug-likeness (QED) is 0.915. The molecule has 0 bridgehead atoms. The Labute approximate surface area is 143 Å². The van der Waals surface area contributed by atoms with Crippen molar-refractivity contribution in [2.45, 2.75) is 50.7 Å². The summed E-state index contributed by atoms with van der Waals surface area (Å²) in [6, 6.07) is 5.76. The highest BCUT2D eigenvalue weighted by molar-refractivity contribution is 6.31. The summed E-state index contributed by atoms with van der Waals surface area (Å²) in [6.45, 7) is 1.54. The smallest absolute Gasteiger partial charge is 0.257 e. The van der Waals surface area contributed by atoms with E-state index in [4.69, 9.17) is 16.3 Å². The molecule has 1 saturated carbocycles. The van der Waals surface area contributed by atoms with E-state index in [1.807, 2.05) is 18.0 Å². The van der Waals surface area contributed by atoms with E-state index in [9.17, 15) is 4.79 Å². The summed E-state index contributed by atoms with van der Waals surface area (Å²) >= 11 is 6.13. The van der Waals surface area contributed by atoms with Gasteiger partial charge in [0.05, 0.1) is 11.7 Å². The van der Waals surface area contributed by atoms with Crippen LogP contribution in [-0.4, -0.2) is 43.1 Å². The lowest BCUT2D eigenvalue weighted by atomic mass is 10.0. The van der Waals surface area contributed by atoms with Gasteiger partial charge in [0.1, 0.15) is 5.75 Å². The summed E-state index contributed by atoms with van der Waals surface area (Å²) in [5, 5.41) is 3.85. The zero-order valence-electron chi connectivity index (χ0n) is 13.7. The lowest BCUT2D eigenvalue weighted by molar-refractivity contribution is 0.0691. The molecular formula is C18H25ClN2O2. The van der Waals surface area contributed by atoms with Crippen molar-refractivity contribution in [3.8, 4) is 5.75 Å². The van der Waals surface area contributed by atoms with Gasteiger partial charge in [-0.3, -0.25) is 4.79 Å². The highest BCUT2D eigenvalue weighted by Crippen LogP contribution is 2.30. The van der Waals surface area contributed by atoms with E-state index in [-0.39, 0.29) is 12.0 Å². The minimum absolute atomic E-state index is 0.0282. The van der Waals surface area contributed by atoms with Gasteiger partial charge in [0.2, 0.25) is 0 Å². The van der Waals surface area contributed by atoms with Crippen LogP contribution in [0, 0.1) is 0 Å². The summed E-state index contributed by atoms with van der Waals surface area (Å²) in [4.78, 5) is 14.9. The first-order chi connectivity index (χ1) is 11.2. The second kappa shape index (κ2) is 7.54. The highest BCUT2D eigenvalue weighted by atomic mass is 35.5. The van der Waals surface area contributed by atoms with Gasteiger partial charge in [0, 0.05) is 24.2 Å². The first kappa shape index (κ1) is 16.6. The normalized spacial score (nSPS) is 22.3. The Hall–Kier alpha value is -1.26. The molecule has 3 rings (SSSR count). The van der Waals surface area contributed by atoms with Crippen molar-refractivity contribution >= 4 is 17.5 Å². The van der Waals surface area contributed by atoms with Crippen molar-refractivity contribution in [1.29, 1.82) is 0 Å². The number of hydrogen-bond donors (Lipinski definition) is 1. The Balaban J connectivity index is 1.79. The molecule has 1 saturated heterocycles. The lowest BCUT2D eigenvalue weighted by Crippen LogP contribution is -2.47. The molecule has 2 fully saturated rings. The van der Waals surface area contributed by atoms with Crippen molar-refractivity contribution in [3.63, 3.8) is 0 Å². The number of carbonyl (C=O) groups excluding carboxylic acids is 1. The highest BCUT2D eigenvalue weighted by Gasteiger charge is 2.27. The molecule has 5 heteroatoms. The van der Waals surface area contributed by atoms with Crippen molar-refractivity contribution in [2.24, 2.45) is 0 Å². The van der Waals surface area contributed by atoms with Crippen LogP contribution in [0.1, 0.15) is 48.9 Å². The molecule has 1 heterocycles. The molecule has 126 valence electrons. The van der Waals surface area contributed by atoms with Gasteiger partial charge < -0.3 is 15.0 Å². The number of amides is 1. The Bertz CT molecular complexity index is 558. The van der Waals surface area contributed by atoms with Gasteiger partial charge in [-0.05, 0) is 63.8 Å². The van der Waals surface area contributed by atoms with Crippen LogP contribution in [0.25, 0.3) is 0 Å². The van der Waals surface area contributed by atoms with E-state index in [1.54, 1.807) is 12.1 Å². The number of likely N-dealkylation sites (N-methyl/N-ethyl adjacent to an activating group) is 1. The molecule has 2 aliphatic rings. The van der Waals surface area contributed by atoms with Crippen molar-refractivity contribution in [1.82, 2.24) is 10.2 Å². The van der Waals surface area contributed by atoms with Gasteiger partial charge in [0.25, 0.3) is 5.91 Å². The maximum Gasteiger partial charge on any atom is 0.257 e. The number of rotatable bonds is 4. The van der Waals surface area contributed by atoms with Gasteiger partial charge in [-0.2, -0.15) is 0 Å². The summed E-state index contributed by atoms with van der Waals surface area (Å²) in [5.74, 6) is 0.707. The summed E-state index contributed by atoms with van der Waals surface area (Å²) in [5.41, 5.74) is 0.598. The predicted molar refractivity (Wildman–Crippen MR) is 92.3 cm³/mol. The average molecular weight is 337 g/mol. The van der Waals surface area contributed by atoms with Gasteiger partial charge in [0.15, 0.2) is 0 Å². The monoisotopic (exact) mass is 336 g/mol. The number of likely N-dealkylation sites (tertiary alicyclic amines) is 1. The fourth-order valence-corrected chi connectivity index (χ4v) is 3.70. The molecule has 1 aliphatic heterocycles. The molecule has 1 unspecified atom stereocenters. The first-order valence-corrected chi connectivity index (χ1v) is 8.98. The number of halogens is 1. The molecule has 0 radical (unpaired) electrons. The number of nitrogens with one attached hydrogen (secondary N) is 1. The van der Waals surface area contributed by atoms with Crippen molar-refractivity contribution in [2.75, 3.05) is 20.1 Å². The zero-order valence-corrected chi connectivity index (χ0v) is 14.4. The molecule has 4 nitrogen and oxygen atoms in total. The third-order valence-corrected chi connectivity index (χ3v) is 5.12. The number of piperidine rings is 1. The van der Waals surface area contributed by atoms with Crippen LogP contribution < -0.4 is 10.1 Å². The van der Waals surface area contributed by atoms with Crippen molar-refractivity contribution < 1.29 is 9.53 Å². The van der Waals surface area contributed by atoms with E-state index >= 15 is 0 Å². The standard InChI is InChI=1S/C18H25ClN2O2/c1-20-14-5-4-10-21(12-14)18(22)16-11-13(19)8-9-17(16)23-15-6-2-3-7-15/h8-9,11,14-15,20H,2-7,10,12H2,1H3. The van der Waals surface area contributed by atoms with Crippen LogP contribution in [0.15, 0.2) is 18.2 Å². The number of ether oxygens (including phenoxy) is 1. The Morgan fingerprint density at radius 2 is 2.04 bits per heavy atom. The topological polar surface area (TPSA) is 41.6 Å². The minimum atomic E-state index is 0.0282. The molecule has 1 aliphatic carbocycles. The predicted octanol–water partition coefficient (Wildman–Crippen LogP) is 3.49. The first-order valence-electron chi connectivity index (χ1n) is 8.60. The van der Waals surface area contributed by atoms with E-state index in [1.165, 1.54) is 12.8 Å². The molecule has 23 heavy (non-hydrogen) atoms. The third kappa shape index (κ3) is 3.99. The SMILES string of the molecule is CNC1CCCN(C(=O)c2cc(Cl)ccc2OC2CCCC2)C1. The Kier molecular flexibility index (Phi) is 5.44. The van der Waals surface area contributed by atoms with Crippen molar-refractivity contribution in [3.05, 3.63) is 28.8 Å². The maximum atomic E-state index is 13.0. The van der Waals surface area contributed by atoms with Gasteiger partial charge >= 0.3 is 0 Å². The summed E-state index contributed by atoms with van der Waals surface area (Å²) < 4.78 is 6.10.